The Balaban J connectivity index is 0.00000208. The van der Waals surface area contributed by atoms with Crippen LogP contribution in [-0.2, 0) is 14.3 Å². The zero-order valence-electron chi connectivity index (χ0n) is 13.5. The minimum atomic E-state index is -0.455. The molecule has 2 fully saturated rings. The lowest BCUT2D eigenvalue weighted by atomic mass is 9.91. The lowest BCUT2D eigenvalue weighted by Gasteiger charge is -2.37. The van der Waals surface area contributed by atoms with E-state index in [1.807, 2.05) is 29.2 Å². The first kappa shape index (κ1) is 19.5. The van der Waals surface area contributed by atoms with Crippen molar-refractivity contribution < 1.29 is 14.3 Å². The van der Waals surface area contributed by atoms with Crippen molar-refractivity contribution in [1.29, 1.82) is 0 Å². The second kappa shape index (κ2) is 9.02. The molecule has 2 atom stereocenters. The lowest BCUT2D eigenvalue weighted by molar-refractivity contribution is -0.142. The normalized spacial score (nSPS) is 23.4. The zero-order valence-corrected chi connectivity index (χ0v) is 15.1. The van der Waals surface area contributed by atoms with Gasteiger partial charge in [-0.25, -0.2) is 0 Å². The number of rotatable bonds is 3. The summed E-state index contributed by atoms with van der Waals surface area (Å²) in [4.78, 5) is 14.5. The molecule has 1 amide bonds. The van der Waals surface area contributed by atoms with E-state index in [-0.39, 0.29) is 30.3 Å². The largest absolute Gasteiger partial charge is 0.381 e. The Bertz CT molecular complexity index is 552. The van der Waals surface area contributed by atoms with Crippen LogP contribution in [0.15, 0.2) is 24.3 Å². The molecule has 7 heteroatoms. The van der Waals surface area contributed by atoms with Crippen LogP contribution in [0.5, 0.6) is 0 Å². The second-order valence-electron chi connectivity index (χ2n) is 6.14. The van der Waals surface area contributed by atoms with E-state index < -0.39 is 6.04 Å². The Morgan fingerprint density at radius 2 is 1.96 bits per heavy atom. The van der Waals surface area contributed by atoms with Crippen molar-refractivity contribution in [3.63, 3.8) is 0 Å². The predicted molar refractivity (Wildman–Crippen MR) is 95.5 cm³/mol. The Morgan fingerprint density at radius 3 is 2.67 bits per heavy atom. The number of nitrogens with two attached hydrogens (primary N) is 1. The summed E-state index contributed by atoms with van der Waals surface area (Å²) in [6.07, 6.45) is 1.51. The summed E-state index contributed by atoms with van der Waals surface area (Å²) < 4.78 is 11.2. The maximum absolute atomic E-state index is 12.7. The average molecular weight is 375 g/mol. The van der Waals surface area contributed by atoms with Crippen molar-refractivity contribution in [2.45, 2.75) is 25.0 Å². The molecule has 2 saturated heterocycles. The zero-order chi connectivity index (χ0) is 16.2. The molecule has 0 aromatic heterocycles. The Kier molecular flexibility index (Phi) is 7.32. The summed E-state index contributed by atoms with van der Waals surface area (Å²) in [5.41, 5.74) is 7.15. The molecule has 1 aromatic carbocycles. The highest BCUT2D eigenvalue weighted by molar-refractivity contribution is 6.31. The van der Waals surface area contributed by atoms with Gasteiger partial charge in [0.1, 0.15) is 6.10 Å². The molecular weight excluding hydrogens is 351 g/mol. The maximum Gasteiger partial charge on any atom is 0.239 e. The SMILES string of the molecule is Cl.NC(C(=O)N1CCOC(c2ccccc2Cl)C1)C1CCOCC1. The first-order valence-electron chi connectivity index (χ1n) is 8.15. The summed E-state index contributed by atoms with van der Waals surface area (Å²) in [7, 11) is 0. The maximum atomic E-state index is 12.7. The van der Waals surface area contributed by atoms with Gasteiger partial charge in [-0.05, 0) is 24.8 Å². The first-order chi connectivity index (χ1) is 11.2. The highest BCUT2D eigenvalue weighted by Gasteiger charge is 2.33. The molecule has 2 aliphatic heterocycles. The van der Waals surface area contributed by atoms with Crippen LogP contribution in [0.2, 0.25) is 5.02 Å². The van der Waals surface area contributed by atoms with Crippen LogP contribution in [0.1, 0.15) is 24.5 Å². The minimum absolute atomic E-state index is 0. The van der Waals surface area contributed by atoms with Crippen molar-refractivity contribution in [2.24, 2.45) is 11.7 Å². The second-order valence-corrected chi connectivity index (χ2v) is 6.55. The van der Waals surface area contributed by atoms with Crippen molar-refractivity contribution in [2.75, 3.05) is 32.9 Å². The van der Waals surface area contributed by atoms with Gasteiger partial charge in [0.15, 0.2) is 0 Å². The van der Waals surface area contributed by atoms with E-state index >= 15 is 0 Å². The molecule has 0 spiro atoms. The van der Waals surface area contributed by atoms with Gasteiger partial charge in [-0.3, -0.25) is 4.79 Å². The summed E-state index contributed by atoms with van der Waals surface area (Å²) >= 11 is 6.25. The standard InChI is InChI=1S/C17H23ClN2O3.ClH/c18-14-4-2-1-3-13(14)15-11-20(7-10-23-15)17(21)16(19)12-5-8-22-9-6-12;/h1-4,12,15-16H,5-11,19H2;1H. The van der Waals surface area contributed by atoms with E-state index in [0.29, 0.717) is 37.9 Å². The minimum Gasteiger partial charge on any atom is -0.381 e. The van der Waals surface area contributed by atoms with Gasteiger partial charge in [0.2, 0.25) is 5.91 Å². The summed E-state index contributed by atoms with van der Waals surface area (Å²) in [5, 5.41) is 0.667. The van der Waals surface area contributed by atoms with Crippen LogP contribution in [0.4, 0.5) is 0 Å². The van der Waals surface area contributed by atoms with Crippen LogP contribution >= 0.6 is 24.0 Å². The number of hydrogen-bond donors (Lipinski definition) is 1. The molecule has 5 nitrogen and oxygen atoms in total. The number of nitrogens with zero attached hydrogens (tertiary/aromatic N) is 1. The fourth-order valence-corrected chi connectivity index (χ4v) is 3.52. The number of hydrogen-bond acceptors (Lipinski definition) is 4. The van der Waals surface area contributed by atoms with Crippen LogP contribution in [0.3, 0.4) is 0 Å². The Morgan fingerprint density at radius 1 is 1.25 bits per heavy atom. The number of morpholine rings is 1. The molecule has 3 rings (SSSR count). The van der Waals surface area contributed by atoms with Gasteiger partial charge in [-0.1, -0.05) is 29.8 Å². The smallest absolute Gasteiger partial charge is 0.239 e. The topological polar surface area (TPSA) is 64.8 Å². The highest BCUT2D eigenvalue weighted by atomic mass is 35.5. The fourth-order valence-electron chi connectivity index (χ4n) is 3.26. The predicted octanol–water partition coefficient (Wildman–Crippen LogP) is 2.42. The van der Waals surface area contributed by atoms with Gasteiger partial charge >= 0.3 is 0 Å². The fraction of sp³-hybridized carbons (Fsp3) is 0.588. The molecule has 2 aliphatic rings. The van der Waals surface area contributed by atoms with E-state index in [4.69, 9.17) is 26.8 Å². The molecule has 2 N–H and O–H groups in total. The van der Waals surface area contributed by atoms with Crippen LogP contribution in [0, 0.1) is 5.92 Å². The van der Waals surface area contributed by atoms with Gasteiger partial charge in [0, 0.05) is 30.3 Å². The number of halogens is 2. The Hall–Kier alpha value is -0.850. The summed E-state index contributed by atoms with van der Waals surface area (Å²) in [6, 6.07) is 7.15. The van der Waals surface area contributed by atoms with Crippen molar-refractivity contribution >= 4 is 29.9 Å². The molecule has 2 unspecified atom stereocenters. The monoisotopic (exact) mass is 374 g/mol. The first-order valence-corrected chi connectivity index (χ1v) is 8.52. The third kappa shape index (κ3) is 4.41. The van der Waals surface area contributed by atoms with E-state index in [2.05, 4.69) is 0 Å². The van der Waals surface area contributed by atoms with E-state index in [1.165, 1.54) is 0 Å². The molecule has 24 heavy (non-hydrogen) atoms. The lowest BCUT2D eigenvalue weighted by Crippen LogP contribution is -2.52. The molecule has 0 saturated carbocycles. The number of carbonyl (C=O) groups is 1. The third-order valence-corrected chi connectivity index (χ3v) is 5.03. The van der Waals surface area contributed by atoms with Crippen LogP contribution in [-0.4, -0.2) is 49.8 Å². The number of amides is 1. The third-order valence-electron chi connectivity index (χ3n) is 4.69. The van der Waals surface area contributed by atoms with Crippen molar-refractivity contribution in [3.8, 4) is 0 Å². The highest BCUT2D eigenvalue weighted by Crippen LogP contribution is 2.29. The van der Waals surface area contributed by atoms with Gasteiger partial charge in [-0.15, -0.1) is 12.4 Å². The molecular formula is C17H24Cl2N2O3. The molecule has 1 aromatic rings. The molecule has 0 bridgehead atoms. The number of benzene rings is 1. The summed E-state index contributed by atoms with van der Waals surface area (Å²) in [5.74, 6) is 0.218. The summed E-state index contributed by atoms with van der Waals surface area (Å²) in [6.45, 7) is 2.96. The molecule has 0 radical (unpaired) electrons. The van der Waals surface area contributed by atoms with Crippen LogP contribution in [0.25, 0.3) is 0 Å². The van der Waals surface area contributed by atoms with E-state index in [1.54, 1.807) is 0 Å². The van der Waals surface area contributed by atoms with Gasteiger partial charge in [-0.2, -0.15) is 0 Å². The van der Waals surface area contributed by atoms with Gasteiger partial charge in [0.25, 0.3) is 0 Å². The number of carbonyl (C=O) groups excluding carboxylic acids is 1. The van der Waals surface area contributed by atoms with E-state index in [0.717, 1.165) is 18.4 Å². The van der Waals surface area contributed by atoms with Gasteiger partial charge < -0.3 is 20.1 Å². The molecule has 134 valence electrons. The molecule has 2 heterocycles. The van der Waals surface area contributed by atoms with Gasteiger partial charge in [0.05, 0.1) is 19.2 Å². The Labute approximate surface area is 153 Å². The van der Waals surface area contributed by atoms with E-state index in [9.17, 15) is 4.79 Å². The van der Waals surface area contributed by atoms with Crippen LogP contribution < -0.4 is 5.73 Å². The van der Waals surface area contributed by atoms with Crippen molar-refractivity contribution in [3.05, 3.63) is 34.9 Å². The quantitative estimate of drug-likeness (QED) is 0.881. The van der Waals surface area contributed by atoms with Crippen molar-refractivity contribution in [1.82, 2.24) is 4.90 Å². The number of ether oxygens (including phenoxy) is 2. The average Bonchev–Trinajstić information content (AvgIpc) is 2.62. The molecule has 0 aliphatic carbocycles.